The third-order valence-electron chi connectivity index (χ3n) is 4.21. The van der Waals surface area contributed by atoms with Crippen LogP contribution in [0.3, 0.4) is 0 Å². The van der Waals surface area contributed by atoms with Crippen LogP contribution in [0.2, 0.25) is 0 Å². The molecule has 0 aromatic heterocycles. The van der Waals surface area contributed by atoms with Crippen LogP contribution >= 0.6 is 0 Å². The van der Waals surface area contributed by atoms with E-state index in [1.54, 1.807) is 0 Å². The van der Waals surface area contributed by atoms with Gasteiger partial charge in [0.05, 0.1) is 0 Å². The summed E-state index contributed by atoms with van der Waals surface area (Å²) in [5, 5.41) is 6.25. The van der Waals surface area contributed by atoms with Gasteiger partial charge in [0.25, 0.3) is 0 Å². The molecule has 1 saturated heterocycles. The standard InChI is InChI=1S/C18H24N2/c1-2-6-18-15-16(7-8-17(18)5-1)9-10-19-11-14-20-12-3-4-13-20/h1-2,5-8,15,19H,3-4,9-14H2. The van der Waals surface area contributed by atoms with Crippen molar-refractivity contribution in [3.63, 3.8) is 0 Å². The summed E-state index contributed by atoms with van der Waals surface area (Å²) < 4.78 is 0. The second kappa shape index (κ2) is 6.87. The predicted octanol–water partition coefficient (Wildman–Crippen LogP) is 3.07. The number of rotatable bonds is 6. The van der Waals surface area contributed by atoms with E-state index in [0.717, 1.165) is 19.5 Å². The minimum Gasteiger partial charge on any atom is -0.315 e. The van der Waals surface area contributed by atoms with Crippen LogP contribution < -0.4 is 5.32 Å². The van der Waals surface area contributed by atoms with Crippen LogP contribution in [0.25, 0.3) is 10.8 Å². The molecule has 0 unspecified atom stereocenters. The highest BCUT2D eigenvalue weighted by atomic mass is 15.1. The second-order valence-electron chi connectivity index (χ2n) is 5.73. The molecule has 0 radical (unpaired) electrons. The predicted molar refractivity (Wildman–Crippen MR) is 86.2 cm³/mol. The first-order valence-electron chi connectivity index (χ1n) is 7.82. The fourth-order valence-corrected chi connectivity index (χ4v) is 3.00. The summed E-state index contributed by atoms with van der Waals surface area (Å²) in [7, 11) is 0. The van der Waals surface area contributed by atoms with E-state index in [1.807, 2.05) is 0 Å². The van der Waals surface area contributed by atoms with Gasteiger partial charge in [-0.05, 0) is 55.2 Å². The van der Waals surface area contributed by atoms with Crippen LogP contribution in [-0.2, 0) is 6.42 Å². The third kappa shape index (κ3) is 3.59. The summed E-state index contributed by atoms with van der Waals surface area (Å²) in [4.78, 5) is 2.56. The number of nitrogens with one attached hydrogen (secondary N) is 1. The summed E-state index contributed by atoms with van der Waals surface area (Å²) in [6, 6.07) is 15.4. The van der Waals surface area contributed by atoms with Crippen molar-refractivity contribution >= 4 is 10.8 Å². The molecule has 2 heteroatoms. The summed E-state index contributed by atoms with van der Waals surface area (Å²) >= 11 is 0. The summed E-state index contributed by atoms with van der Waals surface area (Å²) in [6.07, 6.45) is 3.89. The molecule has 106 valence electrons. The molecule has 0 bridgehead atoms. The maximum atomic E-state index is 3.57. The Labute approximate surface area is 121 Å². The van der Waals surface area contributed by atoms with E-state index in [-0.39, 0.29) is 0 Å². The number of hydrogen-bond acceptors (Lipinski definition) is 2. The third-order valence-corrected chi connectivity index (χ3v) is 4.21. The monoisotopic (exact) mass is 268 g/mol. The molecule has 2 aromatic carbocycles. The van der Waals surface area contributed by atoms with Crippen LogP contribution in [0.15, 0.2) is 42.5 Å². The first kappa shape index (κ1) is 13.6. The Kier molecular flexibility index (Phi) is 4.67. The van der Waals surface area contributed by atoms with E-state index in [9.17, 15) is 0 Å². The van der Waals surface area contributed by atoms with E-state index < -0.39 is 0 Å². The average Bonchev–Trinajstić information content (AvgIpc) is 3.00. The average molecular weight is 268 g/mol. The SMILES string of the molecule is c1ccc2cc(CCNCCN3CCCC3)ccc2c1. The van der Waals surface area contributed by atoms with E-state index >= 15 is 0 Å². The maximum Gasteiger partial charge on any atom is 0.0107 e. The maximum absolute atomic E-state index is 3.57. The molecule has 0 aliphatic carbocycles. The lowest BCUT2D eigenvalue weighted by Gasteiger charge is -2.14. The number of nitrogens with zero attached hydrogens (tertiary/aromatic N) is 1. The second-order valence-corrected chi connectivity index (χ2v) is 5.73. The Morgan fingerprint density at radius 2 is 1.70 bits per heavy atom. The summed E-state index contributed by atoms with van der Waals surface area (Å²) in [5.74, 6) is 0. The Bertz CT molecular complexity index is 544. The molecule has 1 heterocycles. The quantitative estimate of drug-likeness (QED) is 0.810. The molecule has 1 aliphatic heterocycles. The van der Waals surface area contributed by atoms with Crippen molar-refractivity contribution < 1.29 is 0 Å². The number of benzene rings is 2. The van der Waals surface area contributed by atoms with Crippen molar-refractivity contribution in [2.75, 3.05) is 32.7 Å². The van der Waals surface area contributed by atoms with Gasteiger partial charge < -0.3 is 10.2 Å². The van der Waals surface area contributed by atoms with E-state index in [4.69, 9.17) is 0 Å². The van der Waals surface area contributed by atoms with Crippen molar-refractivity contribution in [3.05, 3.63) is 48.0 Å². The highest BCUT2D eigenvalue weighted by molar-refractivity contribution is 5.82. The van der Waals surface area contributed by atoms with Crippen molar-refractivity contribution in [1.82, 2.24) is 10.2 Å². The van der Waals surface area contributed by atoms with E-state index in [1.165, 1.54) is 48.8 Å². The van der Waals surface area contributed by atoms with Crippen molar-refractivity contribution in [1.29, 1.82) is 0 Å². The van der Waals surface area contributed by atoms with E-state index in [2.05, 4.69) is 52.7 Å². The van der Waals surface area contributed by atoms with Crippen molar-refractivity contribution in [3.8, 4) is 0 Å². The molecular formula is C18H24N2. The van der Waals surface area contributed by atoms with Gasteiger partial charge in [0, 0.05) is 13.1 Å². The van der Waals surface area contributed by atoms with Crippen LogP contribution in [0.5, 0.6) is 0 Å². The Morgan fingerprint density at radius 3 is 2.55 bits per heavy atom. The zero-order valence-electron chi connectivity index (χ0n) is 12.1. The number of fused-ring (bicyclic) bond motifs is 1. The van der Waals surface area contributed by atoms with Gasteiger partial charge in [-0.15, -0.1) is 0 Å². The molecule has 20 heavy (non-hydrogen) atoms. The fraction of sp³-hybridized carbons (Fsp3) is 0.444. The molecule has 0 atom stereocenters. The minimum absolute atomic E-state index is 1.08. The van der Waals surface area contributed by atoms with Gasteiger partial charge in [-0.25, -0.2) is 0 Å². The molecule has 2 nitrogen and oxygen atoms in total. The molecular weight excluding hydrogens is 244 g/mol. The highest BCUT2D eigenvalue weighted by Gasteiger charge is 2.09. The van der Waals surface area contributed by atoms with Crippen LogP contribution in [0.4, 0.5) is 0 Å². The fourth-order valence-electron chi connectivity index (χ4n) is 3.00. The van der Waals surface area contributed by atoms with Gasteiger partial charge >= 0.3 is 0 Å². The number of hydrogen-bond donors (Lipinski definition) is 1. The van der Waals surface area contributed by atoms with Gasteiger partial charge in [-0.3, -0.25) is 0 Å². The Balaban J connectivity index is 1.42. The zero-order valence-corrected chi connectivity index (χ0v) is 12.1. The van der Waals surface area contributed by atoms with Crippen molar-refractivity contribution in [2.24, 2.45) is 0 Å². The molecule has 0 saturated carbocycles. The summed E-state index contributed by atoms with van der Waals surface area (Å²) in [6.45, 7) is 6.00. The van der Waals surface area contributed by atoms with Gasteiger partial charge in [-0.2, -0.15) is 0 Å². The normalized spacial score (nSPS) is 16.0. The minimum atomic E-state index is 1.08. The Hall–Kier alpha value is -1.38. The molecule has 1 N–H and O–H groups in total. The lowest BCUT2D eigenvalue weighted by molar-refractivity contribution is 0.336. The molecule has 0 spiro atoms. The molecule has 0 amide bonds. The molecule has 3 rings (SSSR count). The zero-order chi connectivity index (χ0) is 13.6. The first-order chi connectivity index (χ1) is 9.92. The molecule has 2 aromatic rings. The largest absolute Gasteiger partial charge is 0.315 e. The van der Waals surface area contributed by atoms with Crippen LogP contribution in [0.1, 0.15) is 18.4 Å². The Morgan fingerprint density at radius 1 is 0.900 bits per heavy atom. The topological polar surface area (TPSA) is 15.3 Å². The van der Waals surface area contributed by atoms with E-state index in [0.29, 0.717) is 0 Å². The van der Waals surface area contributed by atoms with Crippen LogP contribution in [0, 0.1) is 0 Å². The smallest absolute Gasteiger partial charge is 0.0107 e. The van der Waals surface area contributed by atoms with Crippen molar-refractivity contribution in [2.45, 2.75) is 19.3 Å². The van der Waals surface area contributed by atoms with Gasteiger partial charge in [0.2, 0.25) is 0 Å². The molecule has 1 aliphatic rings. The summed E-state index contributed by atoms with van der Waals surface area (Å²) in [5.41, 5.74) is 1.43. The van der Waals surface area contributed by atoms with Gasteiger partial charge in [0.1, 0.15) is 0 Å². The highest BCUT2D eigenvalue weighted by Crippen LogP contribution is 2.15. The first-order valence-corrected chi connectivity index (χ1v) is 7.82. The molecule has 1 fully saturated rings. The number of likely N-dealkylation sites (tertiary alicyclic amines) is 1. The van der Waals surface area contributed by atoms with Crippen LogP contribution in [-0.4, -0.2) is 37.6 Å². The van der Waals surface area contributed by atoms with Gasteiger partial charge in [0.15, 0.2) is 0 Å². The lowest BCUT2D eigenvalue weighted by Crippen LogP contribution is -2.30. The lowest BCUT2D eigenvalue weighted by atomic mass is 10.1. The van der Waals surface area contributed by atoms with Gasteiger partial charge in [-0.1, -0.05) is 42.5 Å².